The highest BCUT2D eigenvalue weighted by atomic mass is 16.2. The van der Waals surface area contributed by atoms with Crippen molar-refractivity contribution in [1.82, 2.24) is 14.7 Å². The van der Waals surface area contributed by atoms with Crippen LogP contribution in [-0.4, -0.2) is 34.2 Å². The average molecular weight is 283 g/mol. The SMILES string of the molecule is CC(C#N)CN(C)C(=O)c1ccn(-c2cccc(N)c2)n1. The van der Waals surface area contributed by atoms with E-state index in [2.05, 4.69) is 11.2 Å². The van der Waals surface area contributed by atoms with Crippen LogP contribution in [0.1, 0.15) is 17.4 Å². The van der Waals surface area contributed by atoms with Crippen LogP contribution in [-0.2, 0) is 0 Å². The zero-order valence-electron chi connectivity index (χ0n) is 12.0. The van der Waals surface area contributed by atoms with Crippen molar-refractivity contribution >= 4 is 11.6 Å². The molecule has 0 bridgehead atoms. The van der Waals surface area contributed by atoms with E-state index in [1.54, 1.807) is 43.0 Å². The van der Waals surface area contributed by atoms with E-state index in [4.69, 9.17) is 11.0 Å². The summed E-state index contributed by atoms with van der Waals surface area (Å²) in [6.07, 6.45) is 1.71. The molecule has 108 valence electrons. The van der Waals surface area contributed by atoms with Gasteiger partial charge in [0.1, 0.15) is 0 Å². The second kappa shape index (κ2) is 6.09. The number of aromatic nitrogens is 2. The Hall–Kier alpha value is -2.81. The van der Waals surface area contributed by atoms with Gasteiger partial charge in [-0.25, -0.2) is 4.68 Å². The third kappa shape index (κ3) is 3.39. The van der Waals surface area contributed by atoms with Gasteiger partial charge in [-0.15, -0.1) is 0 Å². The molecule has 1 heterocycles. The van der Waals surface area contributed by atoms with Crippen LogP contribution >= 0.6 is 0 Å². The second-order valence-electron chi connectivity index (χ2n) is 4.96. The third-order valence-electron chi connectivity index (χ3n) is 3.06. The Balaban J connectivity index is 2.16. The zero-order valence-corrected chi connectivity index (χ0v) is 12.0. The molecule has 1 aromatic heterocycles. The van der Waals surface area contributed by atoms with E-state index in [0.717, 1.165) is 5.69 Å². The van der Waals surface area contributed by atoms with Crippen molar-refractivity contribution in [3.8, 4) is 11.8 Å². The fraction of sp³-hybridized carbons (Fsp3) is 0.267. The summed E-state index contributed by atoms with van der Waals surface area (Å²) in [4.78, 5) is 13.7. The van der Waals surface area contributed by atoms with Gasteiger partial charge in [-0.1, -0.05) is 6.07 Å². The quantitative estimate of drug-likeness (QED) is 0.865. The first-order valence-corrected chi connectivity index (χ1v) is 6.58. The number of hydrogen-bond donors (Lipinski definition) is 1. The second-order valence-corrected chi connectivity index (χ2v) is 4.96. The predicted octanol–water partition coefficient (Wildman–Crippen LogP) is 1.69. The Bertz CT molecular complexity index is 685. The van der Waals surface area contributed by atoms with E-state index in [-0.39, 0.29) is 11.8 Å². The summed E-state index contributed by atoms with van der Waals surface area (Å²) in [6.45, 7) is 2.15. The van der Waals surface area contributed by atoms with Crippen molar-refractivity contribution in [2.24, 2.45) is 5.92 Å². The molecule has 0 aliphatic heterocycles. The fourth-order valence-corrected chi connectivity index (χ4v) is 1.98. The molecule has 1 unspecified atom stereocenters. The van der Waals surface area contributed by atoms with Gasteiger partial charge >= 0.3 is 0 Å². The maximum Gasteiger partial charge on any atom is 0.274 e. The van der Waals surface area contributed by atoms with Crippen LogP contribution < -0.4 is 5.73 Å². The van der Waals surface area contributed by atoms with Crippen LogP contribution in [0.5, 0.6) is 0 Å². The molecule has 1 atom stereocenters. The fourth-order valence-electron chi connectivity index (χ4n) is 1.98. The van der Waals surface area contributed by atoms with E-state index < -0.39 is 0 Å². The zero-order chi connectivity index (χ0) is 15.4. The molecule has 6 nitrogen and oxygen atoms in total. The Morgan fingerprint density at radius 1 is 1.52 bits per heavy atom. The molecule has 0 saturated carbocycles. The smallest absolute Gasteiger partial charge is 0.274 e. The van der Waals surface area contributed by atoms with Crippen LogP contribution in [0.2, 0.25) is 0 Å². The van der Waals surface area contributed by atoms with Crippen LogP contribution in [0.25, 0.3) is 5.69 Å². The molecule has 0 radical (unpaired) electrons. The lowest BCUT2D eigenvalue weighted by Gasteiger charge is -2.16. The minimum atomic E-state index is -0.213. The Labute approximate surface area is 123 Å². The Morgan fingerprint density at radius 3 is 2.95 bits per heavy atom. The van der Waals surface area contributed by atoms with Crippen LogP contribution in [0.3, 0.4) is 0 Å². The Morgan fingerprint density at radius 2 is 2.29 bits per heavy atom. The maximum absolute atomic E-state index is 12.2. The van der Waals surface area contributed by atoms with Crippen LogP contribution in [0.15, 0.2) is 36.5 Å². The first-order chi connectivity index (χ1) is 10.0. The van der Waals surface area contributed by atoms with E-state index in [1.165, 1.54) is 4.90 Å². The average Bonchev–Trinajstić information content (AvgIpc) is 2.96. The number of rotatable bonds is 4. The number of nitriles is 1. The van der Waals surface area contributed by atoms with Gasteiger partial charge in [0.2, 0.25) is 0 Å². The van der Waals surface area contributed by atoms with Gasteiger partial charge in [-0.05, 0) is 31.2 Å². The summed E-state index contributed by atoms with van der Waals surface area (Å²) < 4.78 is 1.60. The largest absolute Gasteiger partial charge is 0.399 e. The number of anilines is 1. The summed E-state index contributed by atoms with van der Waals surface area (Å²) in [5.41, 5.74) is 7.50. The van der Waals surface area contributed by atoms with Crippen molar-refractivity contribution in [3.63, 3.8) is 0 Å². The highest BCUT2D eigenvalue weighted by Crippen LogP contribution is 2.12. The van der Waals surface area contributed by atoms with E-state index in [1.807, 2.05) is 12.1 Å². The number of carbonyl (C=O) groups is 1. The van der Waals surface area contributed by atoms with Crippen molar-refractivity contribution in [1.29, 1.82) is 5.26 Å². The number of nitrogen functional groups attached to an aromatic ring is 1. The summed E-state index contributed by atoms with van der Waals surface area (Å²) in [5, 5.41) is 13.1. The standard InChI is InChI=1S/C15H17N5O/c1-11(9-16)10-19(2)15(21)14-6-7-20(18-14)13-5-3-4-12(17)8-13/h3-8,11H,10,17H2,1-2H3. The van der Waals surface area contributed by atoms with E-state index >= 15 is 0 Å². The molecule has 6 heteroatoms. The van der Waals surface area contributed by atoms with E-state index in [0.29, 0.717) is 17.9 Å². The number of benzene rings is 1. The number of hydrogen-bond acceptors (Lipinski definition) is 4. The predicted molar refractivity (Wildman–Crippen MR) is 79.7 cm³/mol. The lowest BCUT2D eigenvalue weighted by Crippen LogP contribution is -2.31. The van der Waals surface area contributed by atoms with Gasteiger partial charge in [0.05, 0.1) is 17.7 Å². The van der Waals surface area contributed by atoms with Gasteiger partial charge in [0.25, 0.3) is 5.91 Å². The summed E-state index contributed by atoms with van der Waals surface area (Å²) in [5.74, 6) is -0.422. The monoisotopic (exact) mass is 283 g/mol. The first-order valence-electron chi connectivity index (χ1n) is 6.58. The molecular weight excluding hydrogens is 266 g/mol. The lowest BCUT2D eigenvalue weighted by atomic mass is 10.2. The molecule has 2 N–H and O–H groups in total. The number of nitrogens with zero attached hydrogens (tertiary/aromatic N) is 4. The van der Waals surface area contributed by atoms with Crippen molar-refractivity contribution in [2.75, 3.05) is 19.3 Å². The third-order valence-corrected chi connectivity index (χ3v) is 3.06. The van der Waals surface area contributed by atoms with Gasteiger partial charge < -0.3 is 10.6 Å². The summed E-state index contributed by atoms with van der Waals surface area (Å²) >= 11 is 0. The van der Waals surface area contributed by atoms with E-state index in [9.17, 15) is 4.79 Å². The summed E-state index contributed by atoms with van der Waals surface area (Å²) in [6, 6.07) is 11.0. The van der Waals surface area contributed by atoms with Crippen molar-refractivity contribution in [3.05, 3.63) is 42.2 Å². The molecule has 0 saturated heterocycles. The molecule has 1 aromatic carbocycles. The maximum atomic E-state index is 12.2. The normalized spacial score (nSPS) is 11.7. The van der Waals surface area contributed by atoms with Crippen molar-refractivity contribution < 1.29 is 4.79 Å². The topological polar surface area (TPSA) is 87.9 Å². The molecule has 21 heavy (non-hydrogen) atoms. The molecule has 2 rings (SSSR count). The Kier molecular flexibility index (Phi) is 4.24. The first kappa shape index (κ1) is 14.6. The lowest BCUT2D eigenvalue weighted by molar-refractivity contribution is 0.0779. The molecule has 0 spiro atoms. The highest BCUT2D eigenvalue weighted by Gasteiger charge is 2.17. The van der Waals surface area contributed by atoms with Crippen LogP contribution in [0, 0.1) is 17.2 Å². The van der Waals surface area contributed by atoms with Crippen molar-refractivity contribution in [2.45, 2.75) is 6.92 Å². The molecule has 0 aliphatic carbocycles. The highest BCUT2D eigenvalue weighted by molar-refractivity contribution is 5.92. The van der Waals surface area contributed by atoms with Crippen LogP contribution in [0.4, 0.5) is 5.69 Å². The molecule has 0 aliphatic rings. The number of nitrogens with two attached hydrogens (primary N) is 1. The molecular formula is C15H17N5O. The molecule has 1 amide bonds. The number of amides is 1. The van der Waals surface area contributed by atoms with Gasteiger partial charge in [-0.3, -0.25) is 4.79 Å². The minimum Gasteiger partial charge on any atom is -0.399 e. The molecule has 2 aromatic rings. The van der Waals surface area contributed by atoms with Gasteiger partial charge in [0.15, 0.2) is 5.69 Å². The van der Waals surface area contributed by atoms with Gasteiger partial charge in [0, 0.05) is 25.5 Å². The molecule has 0 fully saturated rings. The summed E-state index contributed by atoms with van der Waals surface area (Å²) in [7, 11) is 1.66. The van der Waals surface area contributed by atoms with Gasteiger partial charge in [-0.2, -0.15) is 10.4 Å². The minimum absolute atomic E-state index is 0.209. The number of carbonyl (C=O) groups excluding carboxylic acids is 1.